The van der Waals surface area contributed by atoms with Gasteiger partial charge in [-0.2, -0.15) is 0 Å². The second-order valence-electron chi connectivity index (χ2n) is 3.21. The summed E-state index contributed by atoms with van der Waals surface area (Å²) in [4.78, 5) is 1.94. The van der Waals surface area contributed by atoms with Crippen molar-refractivity contribution in [2.45, 2.75) is 19.4 Å². The minimum absolute atomic E-state index is 0.180. The Morgan fingerprint density at radius 1 is 1.38 bits per heavy atom. The summed E-state index contributed by atoms with van der Waals surface area (Å²) in [6.07, 6.45) is 0.388. The van der Waals surface area contributed by atoms with E-state index in [0.717, 1.165) is 19.6 Å². The smallest absolute Gasteiger partial charge is 0.0897 e. The molecule has 0 rings (SSSR count). The fraction of sp³-hybridized carbons (Fsp3) is 1.00. The van der Waals surface area contributed by atoms with E-state index in [0.29, 0.717) is 13.2 Å². The van der Waals surface area contributed by atoms with Gasteiger partial charge in [0, 0.05) is 19.7 Å². The molecule has 0 aromatic carbocycles. The van der Waals surface area contributed by atoms with Crippen molar-refractivity contribution >= 4 is 0 Å². The lowest BCUT2D eigenvalue weighted by molar-refractivity contribution is 0.0524. The zero-order valence-corrected chi connectivity index (χ0v) is 8.57. The van der Waals surface area contributed by atoms with Crippen molar-refractivity contribution in [2.75, 3.05) is 40.0 Å². The molecule has 0 aliphatic rings. The van der Waals surface area contributed by atoms with Crippen LogP contribution in [0.15, 0.2) is 0 Å². The van der Waals surface area contributed by atoms with Gasteiger partial charge in [-0.05, 0) is 13.5 Å². The third-order valence-corrected chi connectivity index (χ3v) is 1.70. The number of nitrogens with zero attached hydrogens (tertiary/aromatic N) is 1. The van der Waals surface area contributed by atoms with Crippen LogP contribution in [-0.2, 0) is 4.74 Å². The minimum atomic E-state index is -0.642. The number of likely N-dealkylation sites (N-methyl/N-ethyl adjacent to an activating group) is 1. The van der Waals surface area contributed by atoms with Crippen molar-refractivity contribution in [3.63, 3.8) is 0 Å². The second kappa shape index (κ2) is 8.44. The van der Waals surface area contributed by atoms with Crippen LogP contribution in [0.4, 0.5) is 0 Å². The van der Waals surface area contributed by atoms with Crippen LogP contribution in [0.1, 0.15) is 13.3 Å². The fourth-order valence-electron chi connectivity index (χ4n) is 0.976. The molecule has 0 fully saturated rings. The quantitative estimate of drug-likeness (QED) is 0.517. The molecular formula is C9H21NO3. The molecule has 0 saturated carbocycles. The maximum Gasteiger partial charge on any atom is 0.0897 e. The number of aliphatic hydroxyl groups is 2. The topological polar surface area (TPSA) is 52.9 Å². The number of ether oxygens (including phenoxy) is 1. The van der Waals surface area contributed by atoms with Crippen LogP contribution in [0.25, 0.3) is 0 Å². The predicted molar refractivity (Wildman–Crippen MR) is 51.7 cm³/mol. The van der Waals surface area contributed by atoms with E-state index in [2.05, 4.69) is 6.92 Å². The summed E-state index contributed by atoms with van der Waals surface area (Å²) in [7, 11) is 1.90. The molecule has 13 heavy (non-hydrogen) atoms. The molecule has 0 spiro atoms. The van der Waals surface area contributed by atoms with Crippen LogP contribution in [0.2, 0.25) is 0 Å². The van der Waals surface area contributed by atoms with Gasteiger partial charge in [0.2, 0.25) is 0 Å². The number of rotatable bonds is 8. The van der Waals surface area contributed by atoms with Crippen LogP contribution in [0, 0.1) is 0 Å². The monoisotopic (exact) mass is 191 g/mol. The van der Waals surface area contributed by atoms with Crippen molar-refractivity contribution in [3.8, 4) is 0 Å². The summed E-state index contributed by atoms with van der Waals surface area (Å²) in [6, 6.07) is 0. The first-order valence-corrected chi connectivity index (χ1v) is 4.76. The summed E-state index contributed by atoms with van der Waals surface area (Å²) >= 11 is 0. The third kappa shape index (κ3) is 8.18. The Balaban J connectivity index is 3.24. The SMILES string of the molecule is CCCOCCN(C)CC(O)CO. The Labute approximate surface area is 80.1 Å². The van der Waals surface area contributed by atoms with E-state index in [-0.39, 0.29) is 6.61 Å². The lowest BCUT2D eigenvalue weighted by Crippen LogP contribution is -2.33. The van der Waals surface area contributed by atoms with Crippen LogP contribution < -0.4 is 0 Å². The zero-order valence-electron chi connectivity index (χ0n) is 8.57. The van der Waals surface area contributed by atoms with Crippen molar-refractivity contribution in [1.29, 1.82) is 0 Å². The molecule has 0 aliphatic carbocycles. The highest BCUT2D eigenvalue weighted by Gasteiger charge is 2.05. The Hall–Kier alpha value is -0.160. The van der Waals surface area contributed by atoms with Gasteiger partial charge in [0.05, 0.1) is 19.3 Å². The maximum absolute atomic E-state index is 9.10. The van der Waals surface area contributed by atoms with Gasteiger partial charge in [-0.3, -0.25) is 0 Å². The average Bonchev–Trinajstić information content (AvgIpc) is 2.12. The molecule has 0 bridgehead atoms. The van der Waals surface area contributed by atoms with Gasteiger partial charge in [0.1, 0.15) is 0 Å². The standard InChI is InChI=1S/C9H21NO3/c1-3-5-13-6-4-10(2)7-9(12)8-11/h9,11-12H,3-8H2,1-2H3. The van der Waals surface area contributed by atoms with Crippen LogP contribution >= 0.6 is 0 Å². The Morgan fingerprint density at radius 3 is 2.62 bits per heavy atom. The van der Waals surface area contributed by atoms with E-state index in [1.165, 1.54) is 0 Å². The van der Waals surface area contributed by atoms with Gasteiger partial charge in [-0.25, -0.2) is 0 Å². The molecule has 0 radical (unpaired) electrons. The first-order valence-electron chi connectivity index (χ1n) is 4.76. The summed E-state index contributed by atoms with van der Waals surface area (Å²) in [5.41, 5.74) is 0. The predicted octanol–water partition coefficient (Wildman–Crippen LogP) is -0.302. The number of hydrogen-bond acceptors (Lipinski definition) is 4. The molecule has 1 atom stereocenters. The normalized spacial score (nSPS) is 13.6. The van der Waals surface area contributed by atoms with Crippen molar-refractivity contribution in [1.82, 2.24) is 4.90 Å². The zero-order chi connectivity index (χ0) is 10.1. The second-order valence-corrected chi connectivity index (χ2v) is 3.21. The third-order valence-electron chi connectivity index (χ3n) is 1.70. The lowest BCUT2D eigenvalue weighted by Gasteiger charge is -2.18. The highest BCUT2D eigenvalue weighted by atomic mass is 16.5. The van der Waals surface area contributed by atoms with Crippen LogP contribution in [-0.4, -0.2) is 61.2 Å². The maximum atomic E-state index is 9.10. The first kappa shape index (κ1) is 12.8. The van der Waals surface area contributed by atoms with Gasteiger partial charge in [0.15, 0.2) is 0 Å². The number of hydrogen-bond donors (Lipinski definition) is 2. The molecule has 0 amide bonds. The van der Waals surface area contributed by atoms with E-state index in [1.807, 2.05) is 11.9 Å². The molecule has 4 heteroatoms. The highest BCUT2D eigenvalue weighted by Crippen LogP contribution is 1.89. The average molecular weight is 191 g/mol. The van der Waals surface area contributed by atoms with Gasteiger partial charge < -0.3 is 19.8 Å². The van der Waals surface area contributed by atoms with Crippen molar-refractivity contribution in [3.05, 3.63) is 0 Å². The summed E-state index contributed by atoms with van der Waals surface area (Å²) < 4.78 is 5.28. The van der Waals surface area contributed by atoms with E-state index >= 15 is 0 Å². The van der Waals surface area contributed by atoms with Crippen LogP contribution in [0.5, 0.6) is 0 Å². The Morgan fingerprint density at radius 2 is 2.08 bits per heavy atom. The summed E-state index contributed by atoms with van der Waals surface area (Å²) in [5.74, 6) is 0. The molecule has 0 aliphatic heterocycles. The largest absolute Gasteiger partial charge is 0.394 e. The highest BCUT2D eigenvalue weighted by molar-refractivity contribution is 4.58. The molecule has 0 saturated heterocycles. The van der Waals surface area contributed by atoms with Crippen molar-refractivity contribution < 1.29 is 14.9 Å². The fourth-order valence-corrected chi connectivity index (χ4v) is 0.976. The molecule has 4 nitrogen and oxygen atoms in total. The van der Waals surface area contributed by atoms with E-state index in [9.17, 15) is 0 Å². The van der Waals surface area contributed by atoms with E-state index in [1.54, 1.807) is 0 Å². The van der Waals surface area contributed by atoms with Gasteiger partial charge in [-0.15, -0.1) is 0 Å². The molecule has 2 N–H and O–H groups in total. The van der Waals surface area contributed by atoms with Gasteiger partial charge in [0.25, 0.3) is 0 Å². The lowest BCUT2D eigenvalue weighted by atomic mass is 10.3. The summed E-state index contributed by atoms with van der Waals surface area (Å²) in [5, 5.41) is 17.7. The molecule has 0 aromatic heterocycles. The Bertz CT molecular complexity index is 111. The molecular weight excluding hydrogens is 170 g/mol. The summed E-state index contributed by atoms with van der Waals surface area (Å²) in [6.45, 7) is 4.64. The van der Waals surface area contributed by atoms with E-state index in [4.69, 9.17) is 14.9 Å². The van der Waals surface area contributed by atoms with Crippen molar-refractivity contribution in [2.24, 2.45) is 0 Å². The number of aliphatic hydroxyl groups excluding tert-OH is 2. The first-order chi connectivity index (χ1) is 6.20. The molecule has 1 unspecified atom stereocenters. The Kier molecular flexibility index (Phi) is 8.33. The molecule has 80 valence electrons. The minimum Gasteiger partial charge on any atom is -0.394 e. The van der Waals surface area contributed by atoms with E-state index < -0.39 is 6.10 Å². The van der Waals surface area contributed by atoms with Crippen LogP contribution in [0.3, 0.4) is 0 Å². The molecule has 0 aromatic rings. The molecule has 0 heterocycles. The van der Waals surface area contributed by atoms with Gasteiger partial charge in [-0.1, -0.05) is 6.92 Å². The van der Waals surface area contributed by atoms with Gasteiger partial charge >= 0.3 is 0 Å².